The summed E-state index contributed by atoms with van der Waals surface area (Å²) >= 11 is 3.60. The van der Waals surface area contributed by atoms with Gasteiger partial charge in [-0.15, -0.1) is 0 Å². The van der Waals surface area contributed by atoms with Crippen molar-refractivity contribution in [3.63, 3.8) is 0 Å². The summed E-state index contributed by atoms with van der Waals surface area (Å²) in [5.41, 5.74) is 3.39. The molecule has 29 heavy (non-hydrogen) atoms. The quantitative estimate of drug-likeness (QED) is 0.529. The number of dihydropyridines is 1. The van der Waals surface area contributed by atoms with E-state index in [1.807, 2.05) is 19.1 Å². The van der Waals surface area contributed by atoms with Crippen molar-refractivity contribution in [3.05, 3.63) is 44.7 Å². The maximum absolute atomic E-state index is 13.0. The van der Waals surface area contributed by atoms with E-state index in [1.54, 1.807) is 7.11 Å². The molecule has 154 valence electrons. The fourth-order valence-corrected chi connectivity index (χ4v) is 4.57. The molecule has 0 saturated carbocycles. The highest BCUT2D eigenvalue weighted by atomic mass is 79.9. The number of hydrogen-bond donors (Lipinski definition) is 1. The molecule has 1 aromatic rings. The Morgan fingerprint density at radius 1 is 1.24 bits per heavy atom. The molecule has 0 radical (unpaired) electrons. The number of hydrogen-bond acceptors (Lipinski definition) is 7. The van der Waals surface area contributed by atoms with Crippen LogP contribution < -0.4 is 14.8 Å². The van der Waals surface area contributed by atoms with Gasteiger partial charge in [0.15, 0.2) is 17.3 Å². The van der Waals surface area contributed by atoms with Gasteiger partial charge in [-0.25, -0.2) is 4.79 Å². The second kappa shape index (κ2) is 8.20. The predicted molar refractivity (Wildman–Crippen MR) is 108 cm³/mol. The number of fused-ring (bicyclic) bond motifs is 1. The van der Waals surface area contributed by atoms with Crippen LogP contribution in [0.15, 0.2) is 39.1 Å². The Morgan fingerprint density at radius 2 is 2.00 bits per heavy atom. The molecular formula is C21H22BrNO6. The molecule has 2 heterocycles. The summed E-state index contributed by atoms with van der Waals surface area (Å²) in [6.07, 6.45) is 2.02. The van der Waals surface area contributed by atoms with Crippen LogP contribution in [0.2, 0.25) is 0 Å². The monoisotopic (exact) mass is 463 g/mol. The fourth-order valence-electron chi connectivity index (χ4n) is 4.01. The number of Topliss-reactive ketones (excluding diaryl/α,β-unsaturated/α-hetero) is 1. The molecule has 3 aliphatic rings. The van der Waals surface area contributed by atoms with Crippen LogP contribution in [-0.4, -0.2) is 38.9 Å². The van der Waals surface area contributed by atoms with Gasteiger partial charge in [0.05, 0.1) is 12.2 Å². The van der Waals surface area contributed by atoms with Gasteiger partial charge in [-0.05, 0) is 37.5 Å². The van der Waals surface area contributed by atoms with E-state index in [4.69, 9.17) is 18.9 Å². The Morgan fingerprint density at radius 3 is 2.76 bits per heavy atom. The van der Waals surface area contributed by atoms with Gasteiger partial charge >= 0.3 is 5.97 Å². The number of ether oxygens (including phenoxy) is 4. The summed E-state index contributed by atoms with van der Waals surface area (Å²) in [6, 6.07) is 3.65. The lowest BCUT2D eigenvalue weighted by molar-refractivity contribution is -0.140. The van der Waals surface area contributed by atoms with Crippen LogP contribution in [0.1, 0.15) is 37.7 Å². The van der Waals surface area contributed by atoms with Gasteiger partial charge in [0.25, 0.3) is 0 Å². The lowest BCUT2D eigenvalue weighted by Gasteiger charge is -2.34. The molecule has 0 spiro atoms. The minimum atomic E-state index is -0.544. The van der Waals surface area contributed by atoms with E-state index >= 15 is 0 Å². The molecule has 1 aliphatic carbocycles. The lowest BCUT2D eigenvalue weighted by atomic mass is 9.75. The number of halogens is 1. The molecule has 2 aliphatic heterocycles. The van der Waals surface area contributed by atoms with E-state index in [1.165, 1.54) is 0 Å². The van der Waals surface area contributed by atoms with E-state index in [2.05, 4.69) is 21.2 Å². The van der Waals surface area contributed by atoms with Crippen LogP contribution in [0.3, 0.4) is 0 Å². The Balaban J connectivity index is 1.82. The van der Waals surface area contributed by atoms with Crippen molar-refractivity contribution in [3.8, 4) is 11.5 Å². The molecule has 1 atom stereocenters. The van der Waals surface area contributed by atoms with Gasteiger partial charge in [-0.3, -0.25) is 4.79 Å². The van der Waals surface area contributed by atoms with Crippen molar-refractivity contribution in [2.45, 2.75) is 32.1 Å². The summed E-state index contributed by atoms with van der Waals surface area (Å²) < 4.78 is 22.1. The SMILES string of the molecule is COCCOC(=O)C1=C(C)NC2=C(C(=O)CCC2)[C@H]1c1cc2c(cc1Br)OCO2. The standard InChI is InChI=1S/C21H22BrNO6/c1-11-18(21(25)27-7-6-26-2)19(20-14(23-11)4-3-5-15(20)24)12-8-16-17(9-13(12)22)29-10-28-16/h8-9,19,23H,3-7,10H2,1-2H3/t19-/m0/s1. The molecular weight excluding hydrogens is 442 g/mol. The first-order valence-electron chi connectivity index (χ1n) is 9.50. The van der Waals surface area contributed by atoms with E-state index < -0.39 is 11.9 Å². The number of carbonyl (C=O) groups excluding carboxylic acids is 2. The molecule has 0 saturated heterocycles. The topological polar surface area (TPSA) is 83.1 Å². The van der Waals surface area contributed by atoms with Crippen molar-refractivity contribution in [2.75, 3.05) is 27.1 Å². The van der Waals surface area contributed by atoms with Crippen LogP contribution in [-0.2, 0) is 19.1 Å². The number of allylic oxidation sites excluding steroid dienone is 3. The highest BCUT2D eigenvalue weighted by Gasteiger charge is 2.40. The van der Waals surface area contributed by atoms with Crippen molar-refractivity contribution >= 4 is 27.7 Å². The summed E-state index contributed by atoms with van der Waals surface area (Å²) in [5, 5.41) is 3.28. The van der Waals surface area contributed by atoms with E-state index in [0.29, 0.717) is 41.4 Å². The van der Waals surface area contributed by atoms with Crippen LogP contribution >= 0.6 is 15.9 Å². The molecule has 7 nitrogen and oxygen atoms in total. The number of carbonyl (C=O) groups is 2. The van der Waals surface area contributed by atoms with Gasteiger partial charge in [-0.2, -0.15) is 0 Å². The van der Waals surface area contributed by atoms with E-state index in [9.17, 15) is 9.59 Å². The van der Waals surface area contributed by atoms with Gasteiger partial charge < -0.3 is 24.3 Å². The first-order chi connectivity index (χ1) is 14.0. The average Bonchev–Trinajstić information content (AvgIpc) is 3.13. The molecule has 1 N–H and O–H groups in total. The molecule has 0 fully saturated rings. The highest BCUT2D eigenvalue weighted by molar-refractivity contribution is 9.10. The summed E-state index contributed by atoms with van der Waals surface area (Å²) in [4.78, 5) is 25.9. The molecule has 1 aromatic carbocycles. The van der Waals surface area contributed by atoms with E-state index in [0.717, 1.165) is 28.6 Å². The smallest absolute Gasteiger partial charge is 0.336 e. The van der Waals surface area contributed by atoms with E-state index in [-0.39, 0.29) is 19.2 Å². The normalized spacial score (nSPS) is 20.5. The Bertz CT molecular complexity index is 935. The first kappa shape index (κ1) is 20.0. The van der Waals surface area contributed by atoms with Crippen molar-refractivity contribution < 1.29 is 28.5 Å². The van der Waals surface area contributed by atoms with Gasteiger partial charge in [0, 0.05) is 40.9 Å². The van der Waals surface area contributed by atoms with Gasteiger partial charge in [0.1, 0.15) is 6.61 Å². The highest BCUT2D eigenvalue weighted by Crippen LogP contribution is 2.48. The number of ketones is 1. The van der Waals surface area contributed by atoms with Crippen LogP contribution in [0.4, 0.5) is 0 Å². The second-order valence-corrected chi connectivity index (χ2v) is 7.98. The summed E-state index contributed by atoms with van der Waals surface area (Å²) in [5.74, 6) is 0.257. The third-order valence-corrected chi connectivity index (χ3v) is 6.01. The molecule has 0 aromatic heterocycles. The molecule has 4 rings (SSSR count). The maximum Gasteiger partial charge on any atom is 0.336 e. The molecule has 0 unspecified atom stereocenters. The second-order valence-electron chi connectivity index (χ2n) is 7.12. The Hall–Kier alpha value is -2.32. The Kier molecular flexibility index (Phi) is 5.65. The molecule has 0 bridgehead atoms. The number of rotatable bonds is 5. The predicted octanol–water partition coefficient (Wildman–Crippen LogP) is 3.34. The lowest BCUT2D eigenvalue weighted by Crippen LogP contribution is -2.34. The molecule has 0 amide bonds. The minimum absolute atomic E-state index is 0.0445. The molecule has 8 heteroatoms. The van der Waals surface area contributed by atoms with Crippen LogP contribution in [0.5, 0.6) is 11.5 Å². The number of benzene rings is 1. The zero-order chi connectivity index (χ0) is 20.5. The zero-order valence-corrected chi connectivity index (χ0v) is 17.9. The summed E-state index contributed by atoms with van der Waals surface area (Å²) in [6.45, 7) is 2.42. The van der Waals surface area contributed by atoms with Crippen molar-refractivity contribution in [1.29, 1.82) is 0 Å². The fraction of sp³-hybridized carbons (Fsp3) is 0.429. The third kappa shape index (κ3) is 3.67. The third-order valence-electron chi connectivity index (χ3n) is 5.32. The number of esters is 1. The van der Waals surface area contributed by atoms with Crippen LogP contribution in [0.25, 0.3) is 0 Å². The zero-order valence-electron chi connectivity index (χ0n) is 16.3. The van der Waals surface area contributed by atoms with Crippen molar-refractivity contribution in [2.24, 2.45) is 0 Å². The average molecular weight is 464 g/mol. The van der Waals surface area contributed by atoms with Crippen LogP contribution in [0, 0.1) is 0 Å². The minimum Gasteiger partial charge on any atom is -0.460 e. The largest absolute Gasteiger partial charge is 0.460 e. The number of nitrogens with one attached hydrogen (secondary N) is 1. The maximum atomic E-state index is 13.0. The summed E-state index contributed by atoms with van der Waals surface area (Å²) in [7, 11) is 1.55. The van der Waals surface area contributed by atoms with Crippen molar-refractivity contribution in [1.82, 2.24) is 5.32 Å². The first-order valence-corrected chi connectivity index (χ1v) is 10.3. The number of methoxy groups -OCH3 is 1. The van der Waals surface area contributed by atoms with Gasteiger partial charge in [-0.1, -0.05) is 15.9 Å². The van der Waals surface area contributed by atoms with Gasteiger partial charge in [0.2, 0.25) is 6.79 Å². The Labute approximate surface area is 177 Å².